The lowest BCUT2D eigenvalue weighted by molar-refractivity contribution is -0.385. The maximum absolute atomic E-state index is 13.3. The molecule has 2 rings (SSSR count). The van der Waals surface area contributed by atoms with Crippen LogP contribution in [0.15, 0.2) is 46.9 Å². The van der Waals surface area contributed by atoms with Crippen LogP contribution < -0.4 is 5.32 Å². The van der Waals surface area contributed by atoms with Crippen molar-refractivity contribution in [1.29, 1.82) is 0 Å². The maximum Gasteiger partial charge on any atom is 0.274 e. The highest BCUT2D eigenvalue weighted by molar-refractivity contribution is 9.10. The summed E-state index contributed by atoms with van der Waals surface area (Å²) in [6.45, 7) is 1.90. The largest absolute Gasteiger partial charge is 0.378 e. The van der Waals surface area contributed by atoms with Crippen LogP contribution in [0.1, 0.15) is 18.5 Å². The van der Waals surface area contributed by atoms with Gasteiger partial charge in [0.25, 0.3) is 5.69 Å². The Morgan fingerprint density at radius 1 is 1.25 bits per heavy atom. The fourth-order valence-corrected chi connectivity index (χ4v) is 2.11. The minimum atomic E-state index is -0.635. The minimum Gasteiger partial charge on any atom is -0.378 e. The van der Waals surface area contributed by atoms with E-state index in [0.717, 1.165) is 16.1 Å². The van der Waals surface area contributed by atoms with Crippen molar-refractivity contribution in [3.05, 3.63) is 68.4 Å². The van der Waals surface area contributed by atoms with Gasteiger partial charge in [0.1, 0.15) is 5.82 Å². The Morgan fingerprint density at radius 3 is 2.50 bits per heavy atom. The molecule has 0 spiro atoms. The highest BCUT2D eigenvalue weighted by atomic mass is 79.9. The van der Waals surface area contributed by atoms with Crippen LogP contribution in [0.4, 0.5) is 15.8 Å². The smallest absolute Gasteiger partial charge is 0.274 e. The highest BCUT2D eigenvalue weighted by Crippen LogP contribution is 2.25. The van der Waals surface area contributed by atoms with Crippen LogP contribution in [0.25, 0.3) is 0 Å². The lowest BCUT2D eigenvalue weighted by atomic mass is 10.1. The van der Waals surface area contributed by atoms with E-state index in [1.165, 1.54) is 12.1 Å². The van der Waals surface area contributed by atoms with Gasteiger partial charge in [-0.2, -0.15) is 0 Å². The van der Waals surface area contributed by atoms with E-state index in [9.17, 15) is 14.5 Å². The van der Waals surface area contributed by atoms with Gasteiger partial charge in [0.15, 0.2) is 0 Å². The minimum absolute atomic E-state index is 0.0931. The number of non-ortho nitro benzene ring substituents is 1. The number of nitrogens with one attached hydrogen (secondary N) is 1. The Balaban J connectivity index is 2.21. The Bertz CT molecular complexity index is 632. The van der Waals surface area contributed by atoms with E-state index in [1.54, 1.807) is 0 Å². The van der Waals surface area contributed by atoms with Crippen molar-refractivity contribution in [3.63, 3.8) is 0 Å². The van der Waals surface area contributed by atoms with Crippen molar-refractivity contribution in [1.82, 2.24) is 0 Å². The standard InChI is InChI=1S/C14H12BrFN2O2/c1-9(10-2-4-11(15)5-3-10)17-13-6-12(16)7-14(8-13)18(19)20/h2-9,17H,1H3. The molecule has 0 saturated carbocycles. The van der Waals surface area contributed by atoms with Crippen molar-refractivity contribution < 1.29 is 9.31 Å². The van der Waals surface area contributed by atoms with Crippen LogP contribution in [-0.2, 0) is 0 Å². The van der Waals surface area contributed by atoms with Gasteiger partial charge in [0.2, 0.25) is 0 Å². The van der Waals surface area contributed by atoms with Crippen LogP contribution in [0.2, 0.25) is 0 Å². The second-order valence-corrected chi connectivity index (χ2v) is 5.29. The van der Waals surface area contributed by atoms with Crippen molar-refractivity contribution in [2.24, 2.45) is 0 Å². The highest BCUT2D eigenvalue weighted by Gasteiger charge is 2.12. The average Bonchev–Trinajstić information content (AvgIpc) is 2.38. The zero-order valence-electron chi connectivity index (χ0n) is 10.6. The number of anilines is 1. The van der Waals surface area contributed by atoms with Gasteiger partial charge in [-0.3, -0.25) is 10.1 Å². The first-order valence-electron chi connectivity index (χ1n) is 5.92. The molecule has 2 aromatic rings. The molecule has 104 valence electrons. The lowest BCUT2D eigenvalue weighted by Gasteiger charge is -2.15. The molecule has 0 fully saturated rings. The molecule has 2 aromatic carbocycles. The SMILES string of the molecule is CC(Nc1cc(F)cc([N+](=O)[O-])c1)c1ccc(Br)cc1. The molecule has 20 heavy (non-hydrogen) atoms. The Hall–Kier alpha value is -1.95. The fourth-order valence-electron chi connectivity index (χ4n) is 1.85. The van der Waals surface area contributed by atoms with E-state index in [2.05, 4.69) is 21.2 Å². The van der Waals surface area contributed by atoms with Crippen LogP contribution in [0.3, 0.4) is 0 Å². The van der Waals surface area contributed by atoms with Gasteiger partial charge in [0, 0.05) is 22.3 Å². The Kier molecular flexibility index (Phi) is 4.34. The van der Waals surface area contributed by atoms with E-state index in [1.807, 2.05) is 31.2 Å². The average molecular weight is 339 g/mol. The normalized spacial score (nSPS) is 11.9. The summed E-state index contributed by atoms with van der Waals surface area (Å²) in [7, 11) is 0. The topological polar surface area (TPSA) is 55.2 Å². The first kappa shape index (κ1) is 14.5. The molecule has 0 aromatic heterocycles. The van der Waals surface area contributed by atoms with Gasteiger partial charge in [0.05, 0.1) is 11.0 Å². The van der Waals surface area contributed by atoms with E-state index < -0.39 is 10.7 Å². The third kappa shape index (κ3) is 3.54. The van der Waals surface area contributed by atoms with E-state index >= 15 is 0 Å². The molecule has 0 aliphatic heterocycles. The molecule has 0 bridgehead atoms. The number of rotatable bonds is 4. The first-order chi connectivity index (χ1) is 9.45. The van der Waals surface area contributed by atoms with Gasteiger partial charge < -0.3 is 5.32 Å². The van der Waals surface area contributed by atoms with E-state index in [0.29, 0.717) is 5.69 Å². The summed E-state index contributed by atoms with van der Waals surface area (Å²) in [5, 5.41) is 13.8. The molecule has 4 nitrogen and oxygen atoms in total. The van der Waals surface area contributed by atoms with Gasteiger partial charge in [-0.25, -0.2) is 4.39 Å². The number of hydrogen-bond acceptors (Lipinski definition) is 3. The van der Waals surface area contributed by atoms with Crippen molar-refractivity contribution in [2.45, 2.75) is 13.0 Å². The van der Waals surface area contributed by atoms with E-state index in [-0.39, 0.29) is 11.7 Å². The molecule has 0 aliphatic rings. The van der Waals surface area contributed by atoms with Crippen molar-refractivity contribution >= 4 is 27.3 Å². The zero-order chi connectivity index (χ0) is 14.7. The van der Waals surface area contributed by atoms with Crippen LogP contribution in [0.5, 0.6) is 0 Å². The van der Waals surface area contributed by atoms with Gasteiger partial charge in [-0.1, -0.05) is 28.1 Å². The fraction of sp³-hybridized carbons (Fsp3) is 0.143. The number of nitro groups is 1. The molecule has 0 radical (unpaired) electrons. The molecule has 0 saturated heterocycles. The summed E-state index contributed by atoms with van der Waals surface area (Å²) in [5.41, 5.74) is 1.11. The number of hydrogen-bond donors (Lipinski definition) is 1. The third-order valence-electron chi connectivity index (χ3n) is 2.85. The summed E-state index contributed by atoms with van der Waals surface area (Å²) in [4.78, 5) is 10.1. The Morgan fingerprint density at radius 2 is 1.90 bits per heavy atom. The Labute approximate surface area is 123 Å². The molecule has 1 N–H and O–H groups in total. The number of halogens is 2. The van der Waals surface area contributed by atoms with Gasteiger partial charge in [-0.05, 0) is 30.7 Å². The summed E-state index contributed by atoms with van der Waals surface area (Å²) < 4.78 is 14.3. The monoisotopic (exact) mass is 338 g/mol. The van der Waals surface area contributed by atoms with Gasteiger partial charge >= 0.3 is 0 Å². The summed E-state index contributed by atoms with van der Waals surface area (Å²) >= 11 is 3.35. The summed E-state index contributed by atoms with van der Waals surface area (Å²) in [6.07, 6.45) is 0. The molecular formula is C14H12BrFN2O2. The van der Waals surface area contributed by atoms with Crippen molar-refractivity contribution in [2.75, 3.05) is 5.32 Å². The zero-order valence-corrected chi connectivity index (χ0v) is 12.2. The molecule has 1 unspecified atom stereocenters. The quantitative estimate of drug-likeness (QED) is 0.651. The van der Waals surface area contributed by atoms with Gasteiger partial charge in [-0.15, -0.1) is 0 Å². The summed E-state index contributed by atoms with van der Waals surface area (Å²) in [6, 6.07) is 11.0. The molecule has 0 heterocycles. The molecule has 6 heteroatoms. The molecule has 0 aliphatic carbocycles. The lowest BCUT2D eigenvalue weighted by Crippen LogP contribution is -2.07. The van der Waals surface area contributed by atoms with Crippen molar-refractivity contribution in [3.8, 4) is 0 Å². The van der Waals surface area contributed by atoms with E-state index in [4.69, 9.17) is 0 Å². The third-order valence-corrected chi connectivity index (χ3v) is 3.38. The molecule has 0 amide bonds. The van der Waals surface area contributed by atoms with Crippen LogP contribution in [-0.4, -0.2) is 4.92 Å². The number of benzene rings is 2. The second kappa shape index (κ2) is 6.00. The molecule has 1 atom stereocenters. The second-order valence-electron chi connectivity index (χ2n) is 4.37. The first-order valence-corrected chi connectivity index (χ1v) is 6.72. The number of nitrogens with zero attached hydrogens (tertiary/aromatic N) is 1. The maximum atomic E-state index is 13.3. The number of nitro benzene ring substituents is 1. The van der Waals surface area contributed by atoms with Crippen LogP contribution in [0, 0.1) is 15.9 Å². The summed E-state index contributed by atoms with van der Waals surface area (Å²) in [5.74, 6) is -0.635. The predicted octanol–water partition coefficient (Wildman–Crippen LogP) is 4.67. The molecular weight excluding hydrogens is 327 g/mol. The predicted molar refractivity (Wildman–Crippen MR) is 79.2 cm³/mol. The van der Waals surface area contributed by atoms with Crippen LogP contribution >= 0.6 is 15.9 Å².